The smallest absolute Gasteiger partial charge is 0.283 e. The Morgan fingerprint density at radius 1 is 1.00 bits per heavy atom. The number of hydrogen-bond acceptors (Lipinski definition) is 5. The van der Waals surface area contributed by atoms with Crippen molar-refractivity contribution in [2.45, 2.75) is 6.92 Å². The Balaban J connectivity index is 1.68. The number of rotatable bonds is 5. The zero-order valence-electron chi connectivity index (χ0n) is 13.4. The van der Waals surface area contributed by atoms with Crippen molar-refractivity contribution >= 4 is 40.0 Å². The fourth-order valence-corrected chi connectivity index (χ4v) is 3.17. The summed E-state index contributed by atoms with van der Waals surface area (Å²) in [6.45, 7) is 1.63. The number of carbonyl (C=O) groups excluding carboxylic acids is 1. The van der Waals surface area contributed by atoms with E-state index in [1.54, 1.807) is 19.1 Å². The molecule has 0 fully saturated rings. The molecular weight excluding hydrogens is 338 g/mol. The average molecular weight is 353 g/mol. The highest BCUT2D eigenvalue weighted by Gasteiger charge is 2.19. The topological polar surface area (TPSA) is 84.3 Å². The minimum absolute atomic E-state index is 0.0300. The molecule has 0 aliphatic rings. The summed E-state index contributed by atoms with van der Waals surface area (Å²) in [5.74, 6) is -0.357. The quantitative estimate of drug-likeness (QED) is 0.501. The highest BCUT2D eigenvalue weighted by Crippen LogP contribution is 2.28. The highest BCUT2D eigenvalue weighted by atomic mass is 32.1. The highest BCUT2D eigenvalue weighted by molar-refractivity contribution is 7.14. The Morgan fingerprint density at radius 3 is 2.20 bits per heavy atom. The summed E-state index contributed by atoms with van der Waals surface area (Å²) in [6, 6.07) is 18.3. The van der Waals surface area contributed by atoms with Crippen LogP contribution in [0.15, 0.2) is 60.7 Å². The van der Waals surface area contributed by atoms with Crippen molar-refractivity contribution in [1.29, 1.82) is 0 Å². The number of nitrogens with one attached hydrogen (secondary N) is 2. The van der Waals surface area contributed by atoms with Gasteiger partial charge in [0.2, 0.25) is 0 Å². The van der Waals surface area contributed by atoms with Gasteiger partial charge in [0, 0.05) is 23.1 Å². The molecular formula is C18H15N3O3S. The Kier molecular flexibility index (Phi) is 4.76. The average Bonchev–Trinajstić information content (AvgIpc) is 3.00. The largest absolute Gasteiger partial charge is 0.356 e. The van der Waals surface area contributed by atoms with Gasteiger partial charge in [0.25, 0.3) is 11.6 Å². The number of carbonyl (C=O) groups is 1. The molecule has 3 aromatic rings. The van der Waals surface area contributed by atoms with Gasteiger partial charge in [0.1, 0.15) is 0 Å². The number of para-hydroxylation sites is 1. The third-order valence-corrected chi connectivity index (χ3v) is 4.56. The standard InChI is InChI=1S/C18H15N3O3S/c1-12-16(21(23)24)11-17(25-12)18(22)20-15-9-7-14(8-10-15)19-13-5-3-2-4-6-13/h2-11,19H,1H3,(H,20,22). The van der Waals surface area contributed by atoms with Gasteiger partial charge in [-0.1, -0.05) is 18.2 Å². The summed E-state index contributed by atoms with van der Waals surface area (Å²) in [5.41, 5.74) is 2.46. The predicted octanol–water partition coefficient (Wildman–Crippen LogP) is 4.96. The lowest BCUT2D eigenvalue weighted by atomic mass is 10.2. The number of benzene rings is 2. The maximum absolute atomic E-state index is 12.2. The number of aryl methyl sites for hydroxylation is 1. The van der Waals surface area contributed by atoms with E-state index in [0.29, 0.717) is 15.4 Å². The summed E-state index contributed by atoms with van der Waals surface area (Å²) in [4.78, 5) is 23.5. The van der Waals surface area contributed by atoms with Crippen LogP contribution in [0.2, 0.25) is 0 Å². The van der Waals surface area contributed by atoms with Gasteiger partial charge in [-0.05, 0) is 43.3 Å². The second kappa shape index (κ2) is 7.14. The van der Waals surface area contributed by atoms with E-state index in [9.17, 15) is 14.9 Å². The fourth-order valence-electron chi connectivity index (χ4n) is 2.28. The normalized spacial score (nSPS) is 10.3. The van der Waals surface area contributed by atoms with E-state index in [-0.39, 0.29) is 11.6 Å². The van der Waals surface area contributed by atoms with E-state index in [1.165, 1.54) is 6.07 Å². The maximum Gasteiger partial charge on any atom is 0.283 e. The Bertz CT molecular complexity index is 905. The molecule has 0 bridgehead atoms. The van der Waals surface area contributed by atoms with Crippen molar-refractivity contribution in [3.63, 3.8) is 0 Å². The van der Waals surface area contributed by atoms with E-state index in [2.05, 4.69) is 10.6 Å². The molecule has 1 heterocycles. The summed E-state index contributed by atoms with van der Waals surface area (Å²) in [5, 5.41) is 16.9. The van der Waals surface area contributed by atoms with Crippen molar-refractivity contribution in [2.24, 2.45) is 0 Å². The zero-order chi connectivity index (χ0) is 17.8. The molecule has 0 radical (unpaired) electrons. The van der Waals surface area contributed by atoms with E-state index >= 15 is 0 Å². The summed E-state index contributed by atoms with van der Waals surface area (Å²) in [7, 11) is 0. The van der Waals surface area contributed by atoms with Crippen LogP contribution in [0, 0.1) is 17.0 Å². The number of amides is 1. The van der Waals surface area contributed by atoms with E-state index in [1.807, 2.05) is 42.5 Å². The molecule has 6 nitrogen and oxygen atoms in total. The van der Waals surface area contributed by atoms with E-state index in [4.69, 9.17) is 0 Å². The molecule has 0 aliphatic heterocycles. The molecule has 0 saturated heterocycles. The Hall–Kier alpha value is -3.19. The van der Waals surface area contributed by atoms with Gasteiger partial charge in [-0.25, -0.2) is 0 Å². The van der Waals surface area contributed by atoms with Gasteiger partial charge in [-0.15, -0.1) is 11.3 Å². The summed E-state index contributed by atoms with van der Waals surface area (Å²) in [6.07, 6.45) is 0. The van der Waals surface area contributed by atoms with Crippen LogP contribution in [0.4, 0.5) is 22.7 Å². The predicted molar refractivity (Wildman–Crippen MR) is 99.8 cm³/mol. The van der Waals surface area contributed by atoms with Crippen molar-refractivity contribution in [2.75, 3.05) is 10.6 Å². The molecule has 0 unspecified atom stereocenters. The van der Waals surface area contributed by atoms with Gasteiger partial charge >= 0.3 is 0 Å². The van der Waals surface area contributed by atoms with Gasteiger partial charge in [0.15, 0.2) is 0 Å². The molecule has 0 spiro atoms. The van der Waals surface area contributed by atoms with Crippen LogP contribution < -0.4 is 10.6 Å². The lowest BCUT2D eigenvalue weighted by Gasteiger charge is -2.08. The van der Waals surface area contributed by atoms with Crippen molar-refractivity contribution in [3.05, 3.63) is 80.5 Å². The third-order valence-electron chi connectivity index (χ3n) is 3.52. The fraction of sp³-hybridized carbons (Fsp3) is 0.0556. The first-order chi connectivity index (χ1) is 12.0. The van der Waals surface area contributed by atoms with Crippen LogP contribution >= 0.6 is 11.3 Å². The van der Waals surface area contributed by atoms with Crippen LogP contribution in [-0.4, -0.2) is 10.8 Å². The maximum atomic E-state index is 12.2. The first kappa shape index (κ1) is 16.7. The van der Waals surface area contributed by atoms with E-state index < -0.39 is 4.92 Å². The number of nitrogens with zero attached hydrogens (tertiary/aromatic N) is 1. The SMILES string of the molecule is Cc1sc(C(=O)Nc2ccc(Nc3ccccc3)cc2)cc1[N+](=O)[O-]. The number of hydrogen-bond donors (Lipinski definition) is 2. The first-order valence-corrected chi connectivity index (χ1v) is 8.33. The van der Waals surface area contributed by atoms with Gasteiger partial charge < -0.3 is 10.6 Å². The lowest BCUT2D eigenvalue weighted by molar-refractivity contribution is -0.385. The van der Waals surface area contributed by atoms with E-state index in [0.717, 1.165) is 22.7 Å². The number of anilines is 3. The number of thiophene rings is 1. The first-order valence-electron chi connectivity index (χ1n) is 7.51. The van der Waals surface area contributed by atoms with Crippen LogP contribution in [-0.2, 0) is 0 Å². The van der Waals surface area contributed by atoms with Crippen LogP contribution in [0.5, 0.6) is 0 Å². The molecule has 1 aromatic heterocycles. The second-order valence-corrected chi connectivity index (χ2v) is 6.59. The third kappa shape index (κ3) is 4.02. The lowest BCUT2D eigenvalue weighted by Crippen LogP contribution is -2.10. The van der Waals surface area contributed by atoms with Crippen molar-refractivity contribution in [1.82, 2.24) is 0 Å². The summed E-state index contributed by atoms with van der Waals surface area (Å²) < 4.78 is 0. The molecule has 3 rings (SSSR count). The molecule has 2 aromatic carbocycles. The van der Waals surface area contributed by atoms with Crippen LogP contribution in [0.3, 0.4) is 0 Å². The van der Waals surface area contributed by atoms with Crippen molar-refractivity contribution in [3.8, 4) is 0 Å². The molecule has 2 N–H and O–H groups in total. The zero-order valence-corrected chi connectivity index (χ0v) is 14.2. The van der Waals surface area contributed by atoms with Crippen molar-refractivity contribution < 1.29 is 9.72 Å². The molecule has 126 valence electrons. The van der Waals surface area contributed by atoms with Gasteiger partial charge in [-0.2, -0.15) is 0 Å². The summed E-state index contributed by atoms with van der Waals surface area (Å²) >= 11 is 1.11. The molecule has 0 atom stereocenters. The van der Waals surface area contributed by atoms with Gasteiger partial charge in [-0.3, -0.25) is 14.9 Å². The molecule has 7 heteroatoms. The second-order valence-electron chi connectivity index (χ2n) is 5.33. The van der Waals surface area contributed by atoms with Crippen LogP contribution in [0.25, 0.3) is 0 Å². The number of nitro groups is 1. The van der Waals surface area contributed by atoms with Crippen LogP contribution in [0.1, 0.15) is 14.5 Å². The minimum atomic E-state index is -0.480. The Labute approximate surface area is 148 Å². The molecule has 0 aliphatic carbocycles. The molecule has 25 heavy (non-hydrogen) atoms. The van der Waals surface area contributed by atoms with Gasteiger partial charge in [0.05, 0.1) is 14.7 Å². The molecule has 0 saturated carbocycles. The Morgan fingerprint density at radius 2 is 1.60 bits per heavy atom. The monoisotopic (exact) mass is 353 g/mol. The molecule has 1 amide bonds. The minimum Gasteiger partial charge on any atom is -0.356 e.